The van der Waals surface area contributed by atoms with Gasteiger partial charge in [-0.25, -0.2) is 0 Å². The molecular weight excluding hydrogens is 388 g/mol. The standard InChI is InChI=1S/C23H44O7/c1-18-20(25)17-21(26)23(30-18)29-15-13-11-9-7-5-3-2-4-6-8-10-12-14-19(24)16-22(27)28/h18-21,23-26H,2-17H2,1H3,(H,27,28). The first-order chi connectivity index (χ1) is 14.4. The number of hydrogen-bond donors (Lipinski definition) is 4. The average Bonchev–Trinajstić information content (AvgIpc) is 2.68. The Morgan fingerprint density at radius 2 is 1.40 bits per heavy atom. The summed E-state index contributed by atoms with van der Waals surface area (Å²) in [6.45, 7) is 2.38. The molecule has 0 aliphatic carbocycles. The zero-order valence-corrected chi connectivity index (χ0v) is 18.7. The minimum atomic E-state index is -0.930. The molecule has 0 saturated carbocycles. The highest BCUT2D eigenvalue weighted by Crippen LogP contribution is 2.21. The molecule has 1 rings (SSSR count). The summed E-state index contributed by atoms with van der Waals surface area (Å²) >= 11 is 0. The van der Waals surface area contributed by atoms with Crippen LogP contribution in [0.3, 0.4) is 0 Å². The third-order valence-corrected chi connectivity index (χ3v) is 5.81. The number of carbonyl (C=O) groups is 1. The Kier molecular flexibility index (Phi) is 15.4. The lowest BCUT2D eigenvalue weighted by Crippen LogP contribution is -2.47. The summed E-state index contributed by atoms with van der Waals surface area (Å²) in [6.07, 6.45) is 11.7. The average molecular weight is 433 g/mol. The van der Waals surface area contributed by atoms with Crippen LogP contribution in [-0.2, 0) is 14.3 Å². The second kappa shape index (κ2) is 16.9. The maximum atomic E-state index is 10.5. The lowest BCUT2D eigenvalue weighted by molar-refractivity contribution is -0.261. The molecule has 178 valence electrons. The van der Waals surface area contributed by atoms with E-state index in [9.17, 15) is 20.1 Å². The molecule has 0 aromatic rings. The van der Waals surface area contributed by atoms with Crippen LogP contribution in [0.5, 0.6) is 0 Å². The van der Waals surface area contributed by atoms with Crippen LogP contribution in [0, 0.1) is 0 Å². The highest BCUT2D eigenvalue weighted by molar-refractivity contribution is 5.67. The topological polar surface area (TPSA) is 116 Å². The van der Waals surface area contributed by atoms with E-state index in [0.29, 0.717) is 19.4 Å². The second-order valence-electron chi connectivity index (χ2n) is 8.73. The van der Waals surface area contributed by atoms with Gasteiger partial charge in [-0.3, -0.25) is 4.79 Å². The highest BCUT2D eigenvalue weighted by atomic mass is 16.7. The lowest BCUT2D eigenvalue weighted by Gasteiger charge is -2.35. The number of carboxylic acids is 1. The van der Waals surface area contributed by atoms with Gasteiger partial charge in [0.2, 0.25) is 0 Å². The van der Waals surface area contributed by atoms with E-state index < -0.39 is 30.6 Å². The molecule has 1 fully saturated rings. The van der Waals surface area contributed by atoms with Crippen molar-refractivity contribution in [3.63, 3.8) is 0 Å². The van der Waals surface area contributed by atoms with Crippen LogP contribution in [0.25, 0.3) is 0 Å². The quantitative estimate of drug-likeness (QED) is 0.244. The van der Waals surface area contributed by atoms with Crippen molar-refractivity contribution in [2.75, 3.05) is 6.61 Å². The molecule has 30 heavy (non-hydrogen) atoms. The fraction of sp³-hybridized carbons (Fsp3) is 0.957. The van der Waals surface area contributed by atoms with Crippen molar-refractivity contribution in [3.05, 3.63) is 0 Å². The van der Waals surface area contributed by atoms with Crippen LogP contribution >= 0.6 is 0 Å². The molecule has 7 nitrogen and oxygen atoms in total. The van der Waals surface area contributed by atoms with Crippen LogP contribution in [-0.4, -0.2) is 63.7 Å². The van der Waals surface area contributed by atoms with Gasteiger partial charge in [-0.1, -0.05) is 70.6 Å². The lowest BCUT2D eigenvalue weighted by atomic mass is 10.0. The number of unbranched alkanes of at least 4 members (excludes halogenated alkanes) is 11. The molecule has 1 saturated heterocycles. The van der Waals surface area contributed by atoms with E-state index >= 15 is 0 Å². The van der Waals surface area contributed by atoms with E-state index in [-0.39, 0.29) is 12.5 Å². The Balaban J connectivity index is 1.79. The maximum absolute atomic E-state index is 10.5. The number of aliphatic hydroxyl groups excluding tert-OH is 3. The summed E-state index contributed by atoms with van der Waals surface area (Å²) in [5, 5.41) is 37.6. The minimum absolute atomic E-state index is 0.143. The molecule has 0 bridgehead atoms. The predicted molar refractivity (Wildman–Crippen MR) is 115 cm³/mol. The van der Waals surface area contributed by atoms with Gasteiger partial charge in [0.1, 0.15) is 6.10 Å². The Labute approximate surface area is 181 Å². The zero-order chi connectivity index (χ0) is 22.2. The number of carboxylic acid groups (broad SMARTS) is 1. The Morgan fingerprint density at radius 3 is 1.93 bits per heavy atom. The molecule has 1 aliphatic rings. The third kappa shape index (κ3) is 13.5. The van der Waals surface area contributed by atoms with Gasteiger partial charge in [-0.05, 0) is 19.8 Å². The number of ether oxygens (including phenoxy) is 2. The first-order valence-corrected chi connectivity index (χ1v) is 11.9. The molecule has 0 amide bonds. The molecule has 0 aromatic heterocycles. The van der Waals surface area contributed by atoms with E-state index in [1.807, 2.05) is 0 Å². The van der Waals surface area contributed by atoms with Crippen molar-refractivity contribution in [2.45, 2.75) is 134 Å². The number of rotatable bonds is 18. The van der Waals surface area contributed by atoms with Crippen molar-refractivity contribution >= 4 is 5.97 Å². The fourth-order valence-corrected chi connectivity index (χ4v) is 3.85. The second-order valence-corrected chi connectivity index (χ2v) is 8.73. The zero-order valence-electron chi connectivity index (χ0n) is 18.7. The van der Waals surface area contributed by atoms with E-state index in [0.717, 1.165) is 32.1 Å². The van der Waals surface area contributed by atoms with Gasteiger partial charge in [0.05, 0.1) is 24.7 Å². The SMILES string of the molecule is CC1OC(OCCCCCCCCCCCCCCC(O)CC(=O)O)C(O)CC1O. The van der Waals surface area contributed by atoms with Gasteiger partial charge in [0.25, 0.3) is 0 Å². The van der Waals surface area contributed by atoms with Gasteiger partial charge in [-0.2, -0.15) is 0 Å². The number of hydrogen-bond acceptors (Lipinski definition) is 6. The molecule has 0 spiro atoms. The highest BCUT2D eigenvalue weighted by Gasteiger charge is 2.34. The molecule has 1 aliphatic heterocycles. The summed E-state index contributed by atoms with van der Waals surface area (Å²) in [4.78, 5) is 10.5. The largest absolute Gasteiger partial charge is 0.481 e. The Bertz CT molecular complexity index is 432. The molecule has 7 heteroatoms. The molecule has 1 heterocycles. The van der Waals surface area contributed by atoms with Gasteiger partial charge >= 0.3 is 5.97 Å². The van der Waals surface area contributed by atoms with Crippen molar-refractivity contribution < 1.29 is 34.7 Å². The smallest absolute Gasteiger partial charge is 0.305 e. The molecule has 4 N–H and O–H groups in total. The molecule has 5 unspecified atom stereocenters. The van der Waals surface area contributed by atoms with Crippen molar-refractivity contribution in [1.82, 2.24) is 0 Å². The fourth-order valence-electron chi connectivity index (χ4n) is 3.85. The minimum Gasteiger partial charge on any atom is -0.481 e. The number of aliphatic hydroxyl groups is 3. The van der Waals surface area contributed by atoms with Gasteiger partial charge in [0, 0.05) is 13.0 Å². The number of aliphatic carboxylic acids is 1. The Hall–Kier alpha value is -0.730. The predicted octanol–water partition coefficient (Wildman–Crippen LogP) is 3.77. The van der Waals surface area contributed by atoms with Gasteiger partial charge in [0.15, 0.2) is 6.29 Å². The van der Waals surface area contributed by atoms with Crippen molar-refractivity contribution in [1.29, 1.82) is 0 Å². The van der Waals surface area contributed by atoms with E-state index in [1.54, 1.807) is 6.92 Å². The summed E-state index contributed by atoms with van der Waals surface area (Å²) in [6, 6.07) is 0. The first kappa shape index (κ1) is 27.3. The van der Waals surface area contributed by atoms with Crippen LogP contribution in [0.2, 0.25) is 0 Å². The van der Waals surface area contributed by atoms with Crippen LogP contribution < -0.4 is 0 Å². The summed E-state index contributed by atoms with van der Waals surface area (Å²) in [5.41, 5.74) is 0. The van der Waals surface area contributed by atoms with Gasteiger partial charge < -0.3 is 29.9 Å². The van der Waals surface area contributed by atoms with Crippen molar-refractivity contribution in [2.24, 2.45) is 0 Å². The van der Waals surface area contributed by atoms with Crippen molar-refractivity contribution in [3.8, 4) is 0 Å². The van der Waals surface area contributed by atoms with Crippen LogP contribution in [0.1, 0.15) is 103 Å². The first-order valence-electron chi connectivity index (χ1n) is 11.9. The molecule has 5 atom stereocenters. The molecule has 0 radical (unpaired) electrons. The summed E-state index contributed by atoms with van der Waals surface area (Å²) < 4.78 is 11.1. The van der Waals surface area contributed by atoms with Crippen LogP contribution in [0.4, 0.5) is 0 Å². The molecular formula is C23H44O7. The Morgan fingerprint density at radius 1 is 0.900 bits per heavy atom. The summed E-state index contributed by atoms with van der Waals surface area (Å²) in [5.74, 6) is -0.930. The third-order valence-electron chi connectivity index (χ3n) is 5.81. The monoisotopic (exact) mass is 432 g/mol. The van der Waals surface area contributed by atoms with E-state index in [1.165, 1.54) is 44.9 Å². The van der Waals surface area contributed by atoms with Gasteiger partial charge in [-0.15, -0.1) is 0 Å². The maximum Gasteiger partial charge on any atom is 0.305 e. The molecule has 0 aromatic carbocycles. The normalized spacial score (nSPS) is 25.3. The summed E-state index contributed by atoms with van der Waals surface area (Å²) in [7, 11) is 0. The van der Waals surface area contributed by atoms with E-state index in [4.69, 9.17) is 14.6 Å². The van der Waals surface area contributed by atoms with E-state index in [2.05, 4.69) is 0 Å². The van der Waals surface area contributed by atoms with Crippen LogP contribution in [0.15, 0.2) is 0 Å².